The van der Waals surface area contributed by atoms with Crippen molar-refractivity contribution in [2.75, 3.05) is 18.9 Å². The van der Waals surface area contributed by atoms with Crippen LogP contribution in [-0.4, -0.2) is 40.3 Å². The minimum atomic E-state index is -4.64. The standard InChI is InChI=1S/C11H16N2O6S2/c1-2-7-12-13-10-3-5-11(6-4-10)20(14,15)9-8-19-21(16,17)18/h3-6H,2,7-9H2,1H3,(H,16,17,18)/b13-12+. The molecule has 0 amide bonds. The summed E-state index contributed by atoms with van der Waals surface area (Å²) >= 11 is 0. The third-order valence-electron chi connectivity index (χ3n) is 2.29. The minimum absolute atomic E-state index is 0.0101. The summed E-state index contributed by atoms with van der Waals surface area (Å²) in [5.41, 5.74) is 0.525. The van der Waals surface area contributed by atoms with E-state index in [1.165, 1.54) is 24.3 Å². The molecule has 10 heteroatoms. The number of hydrogen-bond acceptors (Lipinski definition) is 7. The van der Waals surface area contributed by atoms with Crippen molar-refractivity contribution in [3.05, 3.63) is 24.3 Å². The van der Waals surface area contributed by atoms with E-state index in [9.17, 15) is 16.8 Å². The number of nitrogens with zero attached hydrogens (tertiary/aromatic N) is 2. The topological polar surface area (TPSA) is 122 Å². The van der Waals surface area contributed by atoms with Crippen molar-refractivity contribution in [2.24, 2.45) is 10.2 Å². The monoisotopic (exact) mass is 336 g/mol. The third-order valence-corrected chi connectivity index (χ3v) is 4.45. The van der Waals surface area contributed by atoms with Crippen LogP contribution >= 0.6 is 0 Å². The Kier molecular flexibility index (Phi) is 6.40. The van der Waals surface area contributed by atoms with Crippen molar-refractivity contribution in [3.63, 3.8) is 0 Å². The van der Waals surface area contributed by atoms with E-state index in [4.69, 9.17) is 4.55 Å². The first-order chi connectivity index (χ1) is 9.74. The molecule has 1 aromatic rings. The van der Waals surface area contributed by atoms with Crippen molar-refractivity contribution < 1.29 is 25.6 Å². The maximum absolute atomic E-state index is 11.9. The van der Waals surface area contributed by atoms with Crippen LogP contribution in [0.4, 0.5) is 5.69 Å². The Bertz CT molecular complexity index is 680. The van der Waals surface area contributed by atoms with Gasteiger partial charge in [-0.2, -0.15) is 18.6 Å². The van der Waals surface area contributed by atoms with Crippen molar-refractivity contribution in [3.8, 4) is 0 Å². The zero-order chi connectivity index (χ0) is 15.9. The van der Waals surface area contributed by atoms with E-state index in [0.29, 0.717) is 12.2 Å². The lowest BCUT2D eigenvalue weighted by molar-refractivity contribution is 0.284. The molecule has 118 valence electrons. The van der Waals surface area contributed by atoms with E-state index in [0.717, 1.165) is 6.42 Å². The van der Waals surface area contributed by atoms with Gasteiger partial charge in [-0.3, -0.25) is 4.55 Å². The Morgan fingerprint density at radius 2 is 1.76 bits per heavy atom. The highest BCUT2D eigenvalue weighted by Gasteiger charge is 2.16. The first-order valence-electron chi connectivity index (χ1n) is 6.07. The molecule has 0 saturated heterocycles. The van der Waals surface area contributed by atoms with Gasteiger partial charge in [0.05, 0.1) is 29.5 Å². The molecule has 0 atom stereocenters. The summed E-state index contributed by atoms with van der Waals surface area (Å²) in [5, 5.41) is 7.80. The summed E-state index contributed by atoms with van der Waals surface area (Å²) in [6, 6.07) is 5.69. The van der Waals surface area contributed by atoms with Gasteiger partial charge >= 0.3 is 10.4 Å². The molecule has 0 aliphatic heterocycles. The molecular formula is C11H16N2O6S2. The minimum Gasteiger partial charge on any atom is -0.264 e. The van der Waals surface area contributed by atoms with E-state index in [-0.39, 0.29) is 4.90 Å². The second-order valence-electron chi connectivity index (χ2n) is 4.03. The summed E-state index contributed by atoms with van der Waals surface area (Å²) in [5.74, 6) is -0.566. The maximum atomic E-state index is 11.9. The highest BCUT2D eigenvalue weighted by molar-refractivity contribution is 7.91. The molecule has 0 bridgehead atoms. The summed E-state index contributed by atoms with van der Waals surface area (Å²) < 4.78 is 56.8. The molecule has 0 aliphatic carbocycles. The molecule has 0 heterocycles. The Hall–Kier alpha value is -1.36. The van der Waals surface area contributed by atoms with Crippen LogP contribution in [0.3, 0.4) is 0 Å². The number of azo groups is 1. The lowest BCUT2D eigenvalue weighted by Gasteiger charge is -2.04. The molecule has 1 rings (SSSR count). The first-order valence-corrected chi connectivity index (χ1v) is 9.08. The van der Waals surface area contributed by atoms with Gasteiger partial charge in [-0.15, -0.1) is 0 Å². The molecule has 0 unspecified atom stereocenters. The maximum Gasteiger partial charge on any atom is 0.397 e. The lowest BCUT2D eigenvalue weighted by atomic mass is 10.3. The van der Waals surface area contributed by atoms with Gasteiger partial charge in [0.2, 0.25) is 0 Å². The van der Waals surface area contributed by atoms with Gasteiger partial charge in [0.15, 0.2) is 9.84 Å². The molecule has 0 saturated carbocycles. The Labute approximate surface area is 123 Å². The Morgan fingerprint density at radius 3 is 2.29 bits per heavy atom. The molecule has 0 spiro atoms. The fourth-order valence-electron chi connectivity index (χ4n) is 1.32. The van der Waals surface area contributed by atoms with Crippen LogP contribution in [0.5, 0.6) is 0 Å². The fourth-order valence-corrected chi connectivity index (χ4v) is 2.81. The zero-order valence-electron chi connectivity index (χ0n) is 11.3. The van der Waals surface area contributed by atoms with Crippen molar-refractivity contribution in [1.29, 1.82) is 0 Å². The number of benzene rings is 1. The van der Waals surface area contributed by atoms with Crippen molar-refractivity contribution in [2.45, 2.75) is 18.2 Å². The molecule has 1 aromatic carbocycles. The van der Waals surface area contributed by atoms with Gasteiger partial charge < -0.3 is 0 Å². The molecule has 21 heavy (non-hydrogen) atoms. The molecule has 0 radical (unpaired) electrons. The van der Waals surface area contributed by atoms with Crippen molar-refractivity contribution in [1.82, 2.24) is 0 Å². The van der Waals surface area contributed by atoms with E-state index in [2.05, 4.69) is 14.4 Å². The van der Waals surface area contributed by atoms with Crippen LogP contribution in [0.2, 0.25) is 0 Å². The van der Waals surface area contributed by atoms with E-state index >= 15 is 0 Å². The third kappa shape index (κ3) is 6.76. The van der Waals surface area contributed by atoms with Crippen molar-refractivity contribution >= 4 is 25.9 Å². The van der Waals surface area contributed by atoms with Gasteiger partial charge in [-0.25, -0.2) is 12.6 Å². The van der Waals surface area contributed by atoms with Crippen LogP contribution in [0.15, 0.2) is 39.4 Å². The van der Waals surface area contributed by atoms with Gasteiger partial charge in [0.25, 0.3) is 0 Å². The van der Waals surface area contributed by atoms with E-state index < -0.39 is 32.6 Å². The average Bonchev–Trinajstić information content (AvgIpc) is 2.38. The average molecular weight is 336 g/mol. The SMILES string of the molecule is CCC/N=N/c1ccc(S(=O)(=O)CCOS(=O)(=O)O)cc1. The van der Waals surface area contributed by atoms with Gasteiger partial charge in [-0.1, -0.05) is 6.92 Å². The predicted octanol–water partition coefficient (Wildman–Crippen LogP) is 1.77. The predicted molar refractivity (Wildman–Crippen MR) is 75.7 cm³/mol. The van der Waals surface area contributed by atoms with Gasteiger partial charge in [0.1, 0.15) is 0 Å². The molecule has 0 aromatic heterocycles. The van der Waals surface area contributed by atoms with Crippen LogP contribution < -0.4 is 0 Å². The summed E-state index contributed by atoms with van der Waals surface area (Å²) in [6.07, 6.45) is 0.865. The number of sulfone groups is 1. The summed E-state index contributed by atoms with van der Waals surface area (Å²) in [7, 11) is -8.34. The molecule has 1 N–H and O–H groups in total. The normalized spacial score (nSPS) is 12.9. The van der Waals surface area contributed by atoms with Crippen LogP contribution in [0.25, 0.3) is 0 Å². The summed E-state index contributed by atoms with van der Waals surface area (Å²) in [6.45, 7) is 1.90. The van der Waals surface area contributed by atoms with Gasteiger partial charge in [-0.05, 0) is 30.7 Å². The molecule has 0 fully saturated rings. The lowest BCUT2D eigenvalue weighted by Crippen LogP contribution is -2.15. The van der Waals surface area contributed by atoms with Crippen LogP contribution in [0.1, 0.15) is 13.3 Å². The quantitative estimate of drug-likeness (QED) is 0.570. The first kappa shape index (κ1) is 17.7. The van der Waals surface area contributed by atoms with Crippen LogP contribution in [0, 0.1) is 0 Å². The molecular weight excluding hydrogens is 320 g/mol. The van der Waals surface area contributed by atoms with E-state index in [1.807, 2.05) is 6.92 Å². The largest absolute Gasteiger partial charge is 0.397 e. The fraction of sp³-hybridized carbons (Fsp3) is 0.455. The number of rotatable bonds is 8. The van der Waals surface area contributed by atoms with E-state index in [1.54, 1.807) is 0 Å². The Balaban J connectivity index is 2.71. The highest BCUT2D eigenvalue weighted by Crippen LogP contribution is 2.18. The second-order valence-corrected chi connectivity index (χ2v) is 7.23. The zero-order valence-corrected chi connectivity index (χ0v) is 13.0. The Morgan fingerprint density at radius 1 is 1.14 bits per heavy atom. The molecule has 0 aliphatic rings. The number of hydrogen-bond donors (Lipinski definition) is 1. The molecule has 8 nitrogen and oxygen atoms in total. The smallest absolute Gasteiger partial charge is 0.264 e. The van der Waals surface area contributed by atoms with Crippen LogP contribution in [-0.2, 0) is 24.4 Å². The van der Waals surface area contributed by atoms with Gasteiger partial charge in [0, 0.05) is 0 Å². The summed E-state index contributed by atoms with van der Waals surface area (Å²) in [4.78, 5) is 0.0101. The second kappa shape index (κ2) is 7.59. The highest BCUT2D eigenvalue weighted by atomic mass is 32.3.